The Morgan fingerprint density at radius 1 is 0.967 bits per heavy atom. The molecule has 1 N–H and O–H groups in total. The van der Waals surface area contributed by atoms with Gasteiger partial charge in [0.1, 0.15) is 5.75 Å². The number of hydrogen-bond donors (Lipinski definition) is 1. The van der Waals surface area contributed by atoms with E-state index >= 15 is 0 Å². The van der Waals surface area contributed by atoms with E-state index in [4.69, 9.17) is 4.74 Å². The van der Waals surface area contributed by atoms with Crippen molar-refractivity contribution in [1.29, 1.82) is 0 Å². The predicted molar refractivity (Wildman–Crippen MR) is 118 cm³/mol. The third kappa shape index (κ3) is 4.87. The minimum Gasteiger partial charge on any atom is -0.483 e. The van der Waals surface area contributed by atoms with Crippen LogP contribution in [0.3, 0.4) is 0 Å². The zero-order valence-electron chi connectivity index (χ0n) is 17.1. The van der Waals surface area contributed by atoms with E-state index in [1.807, 2.05) is 54.6 Å². The van der Waals surface area contributed by atoms with E-state index in [2.05, 4.69) is 5.32 Å². The number of ether oxygens (including phenoxy) is 1. The molecule has 3 rings (SSSR count). The lowest BCUT2D eigenvalue weighted by molar-refractivity contribution is -0.118. The highest BCUT2D eigenvalue weighted by molar-refractivity contribution is 7.89. The first-order valence-corrected chi connectivity index (χ1v) is 10.8. The van der Waals surface area contributed by atoms with E-state index in [1.165, 1.54) is 26.2 Å². The minimum atomic E-state index is -3.59. The Morgan fingerprint density at radius 3 is 2.33 bits per heavy atom. The number of nitrogens with one attached hydrogen (secondary N) is 1. The molecule has 6 nitrogen and oxygen atoms in total. The molecule has 0 unspecified atom stereocenters. The van der Waals surface area contributed by atoms with Crippen LogP contribution in [-0.4, -0.2) is 39.3 Å². The van der Waals surface area contributed by atoms with E-state index in [1.54, 1.807) is 13.0 Å². The van der Waals surface area contributed by atoms with Gasteiger partial charge in [0.15, 0.2) is 6.61 Å². The van der Waals surface area contributed by atoms with Crippen molar-refractivity contribution in [2.45, 2.75) is 11.8 Å². The fourth-order valence-electron chi connectivity index (χ4n) is 2.89. The van der Waals surface area contributed by atoms with Crippen LogP contribution in [0.4, 0.5) is 5.69 Å². The summed E-state index contributed by atoms with van der Waals surface area (Å²) in [5.41, 5.74) is 3.07. The van der Waals surface area contributed by atoms with E-state index in [-0.39, 0.29) is 17.4 Å². The van der Waals surface area contributed by atoms with Crippen LogP contribution in [0.1, 0.15) is 5.56 Å². The lowest BCUT2D eigenvalue weighted by Crippen LogP contribution is -2.23. The van der Waals surface area contributed by atoms with Crippen molar-refractivity contribution in [2.24, 2.45) is 0 Å². The summed E-state index contributed by atoms with van der Waals surface area (Å²) in [6.07, 6.45) is 0. The molecule has 156 valence electrons. The van der Waals surface area contributed by atoms with Crippen molar-refractivity contribution in [1.82, 2.24) is 4.31 Å². The van der Waals surface area contributed by atoms with Gasteiger partial charge in [-0.3, -0.25) is 4.79 Å². The summed E-state index contributed by atoms with van der Waals surface area (Å²) in [6, 6.07) is 21.9. The zero-order valence-corrected chi connectivity index (χ0v) is 17.9. The van der Waals surface area contributed by atoms with Crippen molar-refractivity contribution in [3.63, 3.8) is 0 Å². The Morgan fingerprint density at radius 2 is 1.63 bits per heavy atom. The average molecular weight is 425 g/mol. The number of hydrogen-bond acceptors (Lipinski definition) is 4. The second-order valence-corrected chi connectivity index (χ2v) is 9.12. The summed E-state index contributed by atoms with van der Waals surface area (Å²) in [7, 11) is -0.665. The molecule has 0 saturated carbocycles. The van der Waals surface area contributed by atoms with Gasteiger partial charge in [0.05, 0.1) is 4.90 Å². The van der Waals surface area contributed by atoms with Gasteiger partial charge in [0.2, 0.25) is 10.0 Å². The lowest BCUT2D eigenvalue weighted by Gasteiger charge is -2.15. The maximum absolute atomic E-state index is 12.5. The Kier molecular flexibility index (Phi) is 6.54. The highest BCUT2D eigenvalue weighted by Gasteiger charge is 2.19. The van der Waals surface area contributed by atoms with Gasteiger partial charge in [0.25, 0.3) is 5.91 Å². The van der Waals surface area contributed by atoms with Gasteiger partial charge in [-0.1, -0.05) is 54.6 Å². The number of benzene rings is 3. The van der Waals surface area contributed by atoms with Crippen molar-refractivity contribution < 1.29 is 17.9 Å². The van der Waals surface area contributed by atoms with Crippen LogP contribution in [0, 0.1) is 6.92 Å². The van der Waals surface area contributed by atoms with Gasteiger partial charge >= 0.3 is 0 Å². The van der Waals surface area contributed by atoms with Crippen molar-refractivity contribution in [3.05, 3.63) is 78.4 Å². The Bertz CT molecular complexity index is 1140. The van der Waals surface area contributed by atoms with E-state index in [0.717, 1.165) is 21.0 Å². The second kappa shape index (κ2) is 9.11. The quantitative estimate of drug-likeness (QED) is 0.624. The van der Waals surface area contributed by atoms with Crippen LogP contribution in [0.15, 0.2) is 77.7 Å². The molecule has 30 heavy (non-hydrogen) atoms. The smallest absolute Gasteiger partial charge is 0.262 e. The van der Waals surface area contributed by atoms with E-state index in [0.29, 0.717) is 11.4 Å². The van der Waals surface area contributed by atoms with Crippen molar-refractivity contribution >= 4 is 21.6 Å². The molecule has 0 aliphatic rings. The zero-order chi connectivity index (χ0) is 21.7. The standard InChI is InChI=1S/C23H24N2O4S/c1-17-13-14-19(30(27,28)25(2)3)15-21(17)24-23(26)16-29-22-12-8-7-11-20(22)18-9-5-4-6-10-18/h4-15H,16H2,1-3H3,(H,24,26). The fourth-order valence-corrected chi connectivity index (χ4v) is 3.81. The molecule has 7 heteroatoms. The molecule has 0 fully saturated rings. The topological polar surface area (TPSA) is 75.7 Å². The number of carbonyl (C=O) groups excluding carboxylic acids is 1. The van der Waals surface area contributed by atoms with Gasteiger partial charge in [-0.25, -0.2) is 12.7 Å². The molecule has 0 bridgehead atoms. The number of amides is 1. The highest BCUT2D eigenvalue weighted by atomic mass is 32.2. The Balaban J connectivity index is 1.74. The monoisotopic (exact) mass is 424 g/mol. The number of rotatable bonds is 7. The van der Waals surface area contributed by atoms with Crippen LogP contribution < -0.4 is 10.1 Å². The van der Waals surface area contributed by atoms with Crippen LogP contribution in [0.5, 0.6) is 5.75 Å². The number of aryl methyl sites for hydroxylation is 1. The van der Waals surface area contributed by atoms with Crippen LogP contribution in [0.2, 0.25) is 0 Å². The highest BCUT2D eigenvalue weighted by Crippen LogP contribution is 2.29. The summed E-state index contributed by atoms with van der Waals surface area (Å²) in [6.45, 7) is 1.60. The SMILES string of the molecule is Cc1ccc(S(=O)(=O)N(C)C)cc1NC(=O)COc1ccccc1-c1ccccc1. The largest absolute Gasteiger partial charge is 0.483 e. The Hall–Kier alpha value is -3.16. The van der Waals surface area contributed by atoms with Gasteiger partial charge in [0, 0.05) is 25.3 Å². The molecule has 0 aliphatic heterocycles. The molecule has 0 aliphatic carbocycles. The molecular formula is C23H24N2O4S. The number of sulfonamides is 1. The third-order valence-corrected chi connectivity index (χ3v) is 6.40. The first-order chi connectivity index (χ1) is 14.3. The third-order valence-electron chi connectivity index (χ3n) is 4.59. The number of nitrogens with zero attached hydrogens (tertiary/aromatic N) is 1. The predicted octanol–water partition coefficient (Wildman–Crippen LogP) is 3.93. The first kappa shape index (κ1) is 21.5. The first-order valence-electron chi connectivity index (χ1n) is 9.39. The van der Waals surface area contributed by atoms with E-state index in [9.17, 15) is 13.2 Å². The molecule has 3 aromatic carbocycles. The van der Waals surface area contributed by atoms with Crippen LogP contribution >= 0.6 is 0 Å². The Labute approximate surface area is 177 Å². The minimum absolute atomic E-state index is 0.115. The maximum Gasteiger partial charge on any atom is 0.262 e. The average Bonchev–Trinajstić information content (AvgIpc) is 2.74. The summed E-state index contributed by atoms with van der Waals surface area (Å²) < 4.78 is 31.6. The lowest BCUT2D eigenvalue weighted by atomic mass is 10.1. The fraction of sp³-hybridized carbons (Fsp3) is 0.174. The van der Waals surface area contributed by atoms with Crippen molar-refractivity contribution in [2.75, 3.05) is 26.0 Å². The number of carbonyl (C=O) groups is 1. The molecule has 0 radical (unpaired) electrons. The molecule has 0 atom stereocenters. The van der Waals surface area contributed by atoms with E-state index < -0.39 is 10.0 Å². The molecule has 0 spiro atoms. The summed E-state index contributed by atoms with van der Waals surface area (Å²) >= 11 is 0. The molecule has 1 amide bonds. The second-order valence-electron chi connectivity index (χ2n) is 6.96. The number of para-hydroxylation sites is 1. The maximum atomic E-state index is 12.5. The van der Waals surface area contributed by atoms with Gasteiger partial charge < -0.3 is 10.1 Å². The normalized spacial score (nSPS) is 11.3. The van der Waals surface area contributed by atoms with Gasteiger partial charge in [-0.2, -0.15) is 0 Å². The van der Waals surface area contributed by atoms with Gasteiger partial charge in [-0.05, 0) is 36.2 Å². The summed E-state index contributed by atoms with van der Waals surface area (Å²) in [5.74, 6) is 0.222. The molecule has 0 heterocycles. The van der Waals surface area contributed by atoms with Gasteiger partial charge in [-0.15, -0.1) is 0 Å². The summed E-state index contributed by atoms with van der Waals surface area (Å²) in [4.78, 5) is 12.6. The van der Waals surface area contributed by atoms with Crippen LogP contribution in [-0.2, 0) is 14.8 Å². The summed E-state index contributed by atoms with van der Waals surface area (Å²) in [5, 5.41) is 2.74. The molecular weight excluding hydrogens is 400 g/mol. The molecule has 0 aromatic heterocycles. The van der Waals surface area contributed by atoms with Crippen LogP contribution in [0.25, 0.3) is 11.1 Å². The number of anilines is 1. The van der Waals surface area contributed by atoms with Crippen molar-refractivity contribution in [3.8, 4) is 16.9 Å². The molecule has 0 saturated heterocycles. The molecule has 3 aromatic rings.